The van der Waals surface area contributed by atoms with Crippen molar-refractivity contribution < 1.29 is 14.4 Å². The average molecular weight is 328 g/mol. The molecule has 0 bridgehead atoms. The van der Waals surface area contributed by atoms with Gasteiger partial charge >= 0.3 is 0 Å². The molecule has 2 fully saturated rings. The summed E-state index contributed by atoms with van der Waals surface area (Å²) < 4.78 is 0. The Hall–Kier alpha value is -2.17. The Bertz CT molecular complexity index is 652. The van der Waals surface area contributed by atoms with Gasteiger partial charge in [-0.25, -0.2) is 0 Å². The van der Waals surface area contributed by atoms with Crippen molar-refractivity contribution in [3.63, 3.8) is 0 Å². The summed E-state index contributed by atoms with van der Waals surface area (Å²) in [6, 6.07) is 7.22. The molecule has 5 nitrogen and oxygen atoms in total. The van der Waals surface area contributed by atoms with E-state index in [2.05, 4.69) is 10.6 Å². The van der Waals surface area contributed by atoms with Crippen molar-refractivity contribution in [2.24, 2.45) is 5.92 Å². The predicted molar refractivity (Wildman–Crippen MR) is 90.8 cm³/mol. The maximum absolute atomic E-state index is 12.5. The van der Waals surface area contributed by atoms with Crippen LogP contribution >= 0.6 is 0 Å². The number of hydrogen-bond acceptors (Lipinski definition) is 3. The lowest BCUT2D eigenvalue weighted by atomic mass is 9.85. The van der Waals surface area contributed by atoms with Gasteiger partial charge in [-0.1, -0.05) is 24.6 Å². The zero-order valence-electron chi connectivity index (χ0n) is 14.0. The summed E-state index contributed by atoms with van der Waals surface area (Å²) in [6.07, 6.45) is 5.53. The Balaban J connectivity index is 1.61. The van der Waals surface area contributed by atoms with Crippen molar-refractivity contribution in [1.82, 2.24) is 10.6 Å². The number of nitrogens with one attached hydrogen (secondary N) is 2. The van der Waals surface area contributed by atoms with Gasteiger partial charge in [-0.3, -0.25) is 14.4 Å². The number of ketones is 1. The molecule has 2 N–H and O–H groups in total. The van der Waals surface area contributed by atoms with Crippen molar-refractivity contribution in [2.75, 3.05) is 0 Å². The normalized spacial score (nSPS) is 23.4. The van der Waals surface area contributed by atoms with Gasteiger partial charge in [0.1, 0.15) is 0 Å². The predicted octanol–water partition coefficient (Wildman–Crippen LogP) is 2.46. The quantitative estimate of drug-likeness (QED) is 0.815. The van der Waals surface area contributed by atoms with E-state index in [4.69, 9.17) is 0 Å². The first-order valence-electron chi connectivity index (χ1n) is 8.76. The summed E-state index contributed by atoms with van der Waals surface area (Å²) in [5.41, 5.74) is 0.850. The number of amides is 2. The average Bonchev–Trinajstić information content (AvgIpc) is 3.39. The first-order valence-corrected chi connectivity index (χ1v) is 8.76. The number of carbonyl (C=O) groups is 3. The van der Waals surface area contributed by atoms with Crippen LogP contribution in [-0.4, -0.2) is 29.7 Å². The molecule has 0 aliphatic heterocycles. The second-order valence-corrected chi connectivity index (χ2v) is 6.92. The van der Waals surface area contributed by atoms with Gasteiger partial charge in [0.2, 0.25) is 5.91 Å². The van der Waals surface area contributed by atoms with Crippen LogP contribution in [-0.2, 0) is 4.79 Å². The van der Waals surface area contributed by atoms with Gasteiger partial charge in [0.05, 0.1) is 5.56 Å². The van der Waals surface area contributed by atoms with E-state index in [9.17, 15) is 14.4 Å². The van der Waals surface area contributed by atoms with E-state index in [-0.39, 0.29) is 29.6 Å². The van der Waals surface area contributed by atoms with Crippen LogP contribution in [0.4, 0.5) is 0 Å². The third kappa shape index (κ3) is 4.02. The van der Waals surface area contributed by atoms with Gasteiger partial charge in [0.15, 0.2) is 5.78 Å². The standard InChI is InChI=1S/C19H24N2O3/c1-12(22)16-7-2-3-8-17(16)19(24)21-15-6-4-5-13(11-15)18(23)20-14-9-10-14/h2-3,7-8,13-15H,4-6,9-11H2,1H3,(H,20,23)(H,21,24)/t13-,15-/m0/s1. The zero-order valence-corrected chi connectivity index (χ0v) is 14.0. The van der Waals surface area contributed by atoms with E-state index in [0.717, 1.165) is 32.1 Å². The van der Waals surface area contributed by atoms with Crippen LogP contribution in [0.3, 0.4) is 0 Å². The molecule has 0 saturated heterocycles. The lowest BCUT2D eigenvalue weighted by molar-refractivity contribution is -0.126. The third-order valence-electron chi connectivity index (χ3n) is 4.85. The molecule has 128 valence electrons. The van der Waals surface area contributed by atoms with Gasteiger partial charge in [0, 0.05) is 23.6 Å². The molecule has 2 saturated carbocycles. The van der Waals surface area contributed by atoms with Crippen LogP contribution in [0.25, 0.3) is 0 Å². The summed E-state index contributed by atoms with van der Waals surface area (Å²) in [7, 11) is 0. The fourth-order valence-electron chi connectivity index (χ4n) is 3.36. The van der Waals surface area contributed by atoms with Crippen molar-refractivity contribution >= 4 is 17.6 Å². The molecule has 0 spiro atoms. The molecule has 3 rings (SSSR count). The molecule has 0 heterocycles. The lowest BCUT2D eigenvalue weighted by Crippen LogP contribution is -2.43. The Morgan fingerprint density at radius 2 is 1.62 bits per heavy atom. The van der Waals surface area contributed by atoms with Crippen molar-refractivity contribution in [1.29, 1.82) is 0 Å². The van der Waals surface area contributed by atoms with Gasteiger partial charge in [0.25, 0.3) is 5.91 Å². The molecule has 1 aromatic rings. The summed E-state index contributed by atoms with van der Waals surface area (Å²) in [4.78, 5) is 36.4. The lowest BCUT2D eigenvalue weighted by Gasteiger charge is -2.29. The van der Waals surface area contributed by atoms with Crippen LogP contribution in [0, 0.1) is 5.92 Å². The number of hydrogen-bond donors (Lipinski definition) is 2. The first-order chi connectivity index (χ1) is 11.5. The highest BCUT2D eigenvalue weighted by molar-refractivity contribution is 6.07. The number of benzene rings is 1. The fraction of sp³-hybridized carbons (Fsp3) is 0.526. The van der Waals surface area contributed by atoms with Crippen molar-refractivity contribution in [3.05, 3.63) is 35.4 Å². The topological polar surface area (TPSA) is 75.3 Å². The minimum Gasteiger partial charge on any atom is -0.353 e. The maximum atomic E-state index is 12.5. The fourth-order valence-corrected chi connectivity index (χ4v) is 3.36. The van der Waals surface area contributed by atoms with E-state index in [1.165, 1.54) is 6.92 Å². The van der Waals surface area contributed by atoms with Crippen molar-refractivity contribution in [2.45, 2.75) is 57.5 Å². The van der Waals surface area contributed by atoms with Gasteiger partial charge < -0.3 is 10.6 Å². The SMILES string of the molecule is CC(=O)c1ccccc1C(=O)N[C@H]1CCC[C@H](C(=O)NC2CC2)C1. The van der Waals surface area contributed by atoms with Gasteiger partial charge in [-0.05, 0) is 45.1 Å². The molecule has 1 aromatic carbocycles. The number of rotatable bonds is 5. The zero-order chi connectivity index (χ0) is 17.1. The largest absolute Gasteiger partial charge is 0.353 e. The molecule has 2 aliphatic carbocycles. The monoisotopic (exact) mass is 328 g/mol. The molecule has 2 amide bonds. The summed E-state index contributed by atoms with van der Waals surface area (Å²) in [5.74, 6) is -0.242. The Morgan fingerprint density at radius 1 is 0.917 bits per heavy atom. The highest BCUT2D eigenvalue weighted by Crippen LogP contribution is 2.27. The van der Waals surface area contributed by atoms with E-state index < -0.39 is 0 Å². The maximum Gasteiger partial charge on any atom is 0.252 e. The second-order valence-electron chi connectivity index (χ2n) is 6.92. The van der Waals surface area contributed by atoms with Crippen LogP contribution < -0.4 is 10.6 Å². The van der Waals surface area contributed by atoms with Gasteiger partial charge in [-0.2, -0.15) is 0 Å². The van der Waals surface area contributed by atoms with E-state index in [1.54, 1.807) is 24.3 Å². The Kier molecular flexibility index (Phi) is 4.97. The van der Waals surface area contributed by atoms with Gasteiger partial charge in [-0.15, -0.1) is 0 Å². The molecule has 24 heavy (non-hydrogen) atoms. The summed E-state index contributed by atoms with van der Waals surface area (Å²) >= 11 is 0. The third-order valence-corrected chi connectivity index (χ3v) is 4.85. The Morgan fingerprint density at radius 3 is 2.29 bits per heavy atom. The number of carbonyl (C=O) groups excluding carboxylic acids is 3. The van der Waals surface area contributed by atoms with Crippen LogP contribution in [0.15, 0.2) is 24.3 Å². The Labute approximate surface area is 142 Å². The van der Waals surface area contributed by atoms with E-state index >= 15 is 0 Å². The van der Waals surface area contributed by atoms with Crippen LogP contribution in [0.5, 0.6) is 0 Å². The second kappa shape index (κ2) is 7.16. The molecule has 0 radical (unpaired) electrons. The molecule has 2 atom stereocenters. The molecule has 0 aromatic heterocycles. The molecule has 5 heteroatoms. The number of Topliss-reactive ketones (excluding diaryl/α,β-unsaturated/α-hetero) is 1. The minimum atomic E-state index is -0.228. The van der Waals surface area contributed by atoms with E-state index in [1.807, 2.05) is 0 Å². The molecule has 2 aliphatic rings. The smallest absolute Gasteiger partial charge is 0.252 e. The van der Waals surface area contributed by atoms with Crippen LogP contribution in [0.2, 0.25) is 0 Å². The first kappa shape index (κ1) is 16.7. The summed E-state index contributed by atoms with van der Waals surface area (Å²) in [6.45, 7) is 1.46. The molecular formula is C19H24N2O3. The summed E-state index contributed by atoms with van der Waals surface area (Å²) in [5, 5.41) is 6.07. The van der Waals surface area contributed by atoms with Crippen molar-refractivity contribution in [3.8, 4) is 0 Å². The van der Waals surface area contributed by atoms with E-state index in [0.29, 0.717) is 23.6 Å². The highest BCUT2D eigenvalue weighted by atomic mass is 16.2. The molecule has 0 unspecified atom stereocenters. The molecular weight excluding hydrogens is 304 g/mol. The minimum absolute atomic E-state index is 0.0128. The highest BCUT2D eigenvalue weighted by Gasteiger charge is 2.32. The van der Waals surface area contributed by atoms with Crippen LogP contribution in [0.1, 0.15) is 66.2 Å².